The lowest BCUT2D eigenvalue weighted by atomic mass is 10.1. The zero-order chi connectivity index (χ0) is 18.1. The number of aromatic nitrogens is 5. The third-order valence-corrected chi connectivity index (χ3v) is 4.32. The summed E-state index contributed by atoms with van der Waals surface area (Å²) in [5.41, 5.74) is 0.969. The van der Waals surface area contributed by atoms with Crippen molar-refractivity contribution in [2.75, 3.05) is 6.61 Å². The van der Waals surface area contributed by atoms with Crippen molar-refractivity contribution in [1.29, 1.82) is 0 Å². The van der Waals surface area contributed by atoms with Crippen LogP contribution in [0, 0.1) is 0 Å². The summed E-state index contributed by atoms with van der Waals surface area (Å²) in [6.07, 6.45) is 2.54. The molecule has 4 rings (SSSR count). The molecule has 0 bridgehead atoms. The molecule has 4 atom stereocenters. The number of hydrogen-bond acceptors (Lipinski definition) is 8. The van der Waals surface area contributed by atoms with Crippen LogP contribution in [0.4, 0.5) is 0 Å². The van der Waals surface area contributed by atoms with Gasteiger partial charge in [0.2, 0.25) is 0 Å². The molecule has 0 aromatic carbocycles. The Labute approximate surface area is 147 Å². The molecule has 3 N–H and O–H groups in total. The van der Waals surface area contributed by atoms with Gasteiger partial charge in [-0.3, -0.25) is 14.3 Å². The second-order valence-corrected chi connectivity index (χ2v) is 5.93. The van der Waals surface area contributed by atoms with E-state index in [0.717, 1.165) is 5.56 Å². The smallest absolute Gasteiger partial charge is 0.278 e. The summed E-state index contributed by atoms with van der Waals surface area (Å²) in [5, 5.41) is 19.9. The molecule has 0 spiro atoms. The fourth-order valence-corrected chi connectivity index (χ4v) is 2.99. The Bertz CT molecular complexity index is 943. The van der Waals surface area contributed by atoms with Gasteiger partial charge in [0.1, 0.15) is 18.3 Å². The van der Waals surface area contributed by atoms with E-state index in [-0.39, 0.29) is 24.3 Å². The van der Waals surface area contributed by atoms with E-state index in [4.69, 9.17) is 9.47 Å². The van der Waals surface area contributed by atoms with Gasteiger partial charge >= 0.3 is 0 Å². The Balaban J connectivity index is 1.65. The molecule has 26 heavy (non-hydrogen) atoms. The van der Waals surface area contributed by atoms with E-state index in [0.29, 0.717) is 5.65 Å². The first-order chi connectivity index (χ1) is 12.7. The topological polar surface area (TPSA) is 135 Å². The van der Waals surface area contributed by atoms with E-state index in [1.807, 2.05) is 0 Å². The van der Waals surface area contributed by atoms with Gasteiger partial charge in [-0.05, 0) is 17.7 Å². The minimum Gasteiger partial charge on any atom is -0.394 e. The van der Waals surface area contributed by atoms with E-state index < -0.39 is 24.5 Å². The molecule has 10 nitrogen and oxygen atoms in total. The van der Waals surface area contributed by atoms with Crippen LogP contribution in [0.15, 0.2) is 42.0 Å². The number of rotatable bonds is 5. The van der Waals surface area contributed by atoms with Crippen LogP contribution in [0.3, 0.4) is 0 Å². The molecular formula is C16H17N5O5. The molecule has 4 heterocycles. The quantitative estimate of drug-likeness (QED) is 0.547. The molecule has 1 aliphatic rings. The van der Waals surface area contributed by atoms with Gasteiger partial charge in [-0.2, -0.15) is 0 Å². The van der Waals surface area contributed by atoms with Gasteiger partial charge < -0.3 is 24.7 Å². The monoisotopic (exact) mass is 359 g/mol. The van der Waals surface area contributed by atoms with E-state index in [1.54, 1.807) is 24.5 Å². The molecule has 3 aromatic rings. The van der Waals surface area contributed by atoms with Crippen molar-refractivity contribution in [3.63, 3.8) is 0 Å². The van der Waals surface area contributed by atoms with Gasteiger partial charge in [0.25, 0.3) is 5.56 Å². The second-order valence-electron chi connectivity index (χ2n) is 5.93. The largest absolute Gasteiger partial charge is 0.394 e. The van der Waals surface area contributed by atoms with Gasteiger partial charge in [0, 0.05) is 12.4 Å². The van der Waals surface area contributed by atoms with Crippen LogP contribution in [0.2, 0.25) is 0 Å². The summed E-state index contributed by atoms with van der Waals surface area (Å²) in [6, 6.07) is 3.60. The lowest BCUT2D eigenvalue weighted by Gasteiger charge is -2.22. The molecule has 0 aliphatic carbocycles. The number of imidazole rings is 1. The van der Waals surface area contributed by atoms with Crippen molar-refractivity contribution in [3.05, 3.63) is 53.1 Å². The van der Waals surface area contributed by atoms with Gasteiger partial charge in [-0.25, -0.2) is 9.97 Å². The number of hydrogen-bond donors (Lipinski definition) is 3. The molecular weight excluding hydrogens is 342 g/mol. The summed E-state index contributed by atoms with van der Waals surface area (Å²) in [6.45, 7) is -0.143. The maximum Gasteiger partial charge on any atom is 0.278 e. The Kier molecular flexibility index (Phi) is 4.47. The van der Waals surface area contributed by atoms with E-state index in [1.165, 1.54) is 17.2 Å². The SMILES string of the molecule is O=c1[nH]cnc2c1ncn2[C@@H]1O[C@H](CO)C(O)C1OCc1ccncc1. The number of aliphatic hydroxyl groups excluding tert-OH is 2. The third-order valence-electron chi connectivity index (χ3n) is 4.32. The van der Waals surface area contributed by atoms with Crippen molar-refractivity contribution < 1.29 is 19.7 Å². The van der Waals surface area contributed by atoms with E-state index in [9.17, 15) is 15.0 Å². The standard InChI is InChI=1S/C16H17N5O5/c22-5-10-12(23)13(25-6-9-1-3-17-4-2-9)16(26-10)21-8-20-11-14(21)18-7-19-15(11)24/h1-4,7-8,10,12-13,16,22-23H,5-6H2,(H,18,19,24)/t10-,12?,13?,16-/m1/s1. The summed E-state index contributed by atoms with van der Waals surface area (Å²) in [4.78, 5) is 26.4. The van der Waals surface area contributed by atoms with Crippen LogP contribution in [-0.4, -0.2) is 59.6 Å². The number of pyridine rings is 1. The molecule has 1 aliphatic heterocycles. The molecule has 1 fully saturated rings. The highest BCUT2D eigenvalue weighted by molar-refractivity contribution is 5.68. The fourth-order valence-electron chi connectivity index (χ4n) is 2.99. The normalized spacial score (nSPS) is 25.8. The summed E-state index contributed by atoms with van der Waals surface area (Å²) in [7, 11) is 0. The molecule has 136 valence electrons. The maximum absolute atomic E-state index is 11.8. The van der Waals surface area contributed by atoms with Crippen LogP contribution in [-0.2, 0) is 16.1 Å². The molecule has 0 saturated carbocycles. The Morgan fingerprint density at radius 3 is 2.88 bits per heavy atom. The molecule has 1 saturated heterocycles. The Hall–Kier alpha value is -2.66. The number of aliphatic hydroxyl groups is 2. The van der Waals surface area contributed by atoms with Crippen LogP contribution >= 0.6 is 0 Å². The van der Waals surface area contributed by atoms with Crippen molar-refractivity contribution in [3.8, 4) is 0 Å². The summed E-state index contributed by atoms with van der Waals surface area (Å²) >= 11 is 0. The number of H-pyrrole nitrogens is 1. The lowest BCUT2D eigenvalue weighted by Crippen LogP contribution is -2.35. The highest BCUT2D eigenvalue weighted by Crippen LogP contribution is 2.33. The third kappa shape index (κ3) is 2.88. The highest BCUT2D eigenvalue weighted by atomic mass is 16.6. The first-order valence-corrected chi connectivity index (χ1v) is 8.04. The number of aromatic amines is 1. The number of nitrogens with one attached hydrogen (secondary N) is 1. The molecule has 0 amide bonds. The van der Waals surface area contributed by atoms with Crippen molar-refractivity contribution >= 4 is 11.2 Å². The van der Waals surface area contributed by atoms with Gasteiger partial charge in [0.05, 0.1) is 25.9 Å². The first kappa shape index (κ1) is 16.8. The fraction of sp³-hybridized carbons (Fsp3) is 0.375. The summed E-state index contributed by atoms with van der Waals surface area (Å²) in [5.74, 6) is 0. The van der Waals surface area contributed by atoms with Crippen LogP contribution in [0.1, 0.15) is 11.8 Å². The minimum absolute atomic E-state index is 0.158. The second kappa shape index (κ2) is 6.92. The molecule has 10 heteroatoms. The zero-order valence-corrected chi connectivity index (χ0v) is 13.6. The predicted octanol–water partition coefficient (Wildman–Crippen LogP) is -0.649. The number of fused-ring (bicyclic) bond motifs is 1. The molecule has 3 aromatic heterocycles. The van der Waals surface area contributed by atoms with Crippen LogP contribution < -0.4 is 5.56 Å². The van der Waals surface area contributed by atoms with Crippen LogP contribution in [0.25, 0.3) is 11.2 Å². The van der Waals surface area contributed by atoms with Gasteiger partial charge in [-0.15, -0.1) is 0 Å². The maximum atomic E-state index is 11.8. The number of nitrogens with zero attached hydrogens (tertiary/aromatic N) is 4. The van der Waals surface area contributed by atoms with Gasteiger partial charge in [0.15, 0.2) is 17.4 Å². The number of ether oxygens (including phenoxy) is 2. The highest BCUT2D eigenvalue weighted by Gasteiger charge is 2.45. The summed E-state index contributed by atoms with van der Waals surface area (Å²) < 4.78 is 13.2. The van der Waals surface area contributed by atoms with Crippen molar-refractivity contribution in [2.45, 2.75) is 31.1 Å². The Morgan fingerprint density at radius 2 is 2.12 bits per heavy atom. The predicted molar refractivity (Wildman–Crippen MR) is 88.0 cm³/mol. The van der Waals surface area contributed by atoms with E-state index in [2.05, 4.69) is 19.9 Å². The molecule has 0 radical (unpaired) electrons. The lowest BCUT2D eigenvalue weighted by molar-refractivity contribution is -0.0761. The average Bonchev–Trinajstić information content (AvgIpc) is 3.23. The molecule has 2 unspecified atom stereocenters. The Morgan fingerprint density at radius 1 is 1.31 bits per heavy atom. The van der Waals surface area contributed by atoms with Crippen molar-refractivity contribution in [2.24, 2.45) is 0 Å². The van der Waals surface area contributed by atoms with Crippen molar-refractivity contribution in [1.82, 2.24) is 24.5 Å². The van der Waals surface area contributed by atoms with Gasteiger partial charge in [-0.1, -0.05) is 0 Å². The average molecular weight is 359 g/mol. The first-order valence-electron chi connectivity index (χ1n) is 8.04. The van der Waals surface area contributed by atoms with E-state index >= 15 is 0 Å². The minimum atomic E-state index is -1.05. The van der Waals surface area contributed by atoms with Crippen LogP contribution in [0.5, 0.6) is 0 Å². The zero-order valence-electron chi connectivity index (χ0n) is 13.6.